The van der Waals surface area contributed by atoms with E-state index in [4.69, 9.17) is 16.3 Å². The van der Waals surface area contributed by atoms with E-state index in [1.807, 2.05) is 23.6 Å². The number of ketones is 1. The number of aromatic nitrogens is 3. The summed E-state index contributed by atoms with van der Waals surface area (Å²) in [5.41, 5.74) is 1.59. The van der Waals surface area contributed by atoms with E-state index in [1.165, 1.54) is 18.7 Å². The first-order valence-electron chi connectivity index (χ1n) is 10.2. The molecular formula is C22H23ClN4O4S2. The summed E-state index contributed by atoms with van der Waals surface area (Å²) in [6, 6.07) is 7.29. The van der Waals surface area contributed by atoms with Crippen molar-refractivity contribution in [3.05, 3.63) is 45.3 Å². The van der Waals surface area contributed by atoms with E-state index in [0.29, 0.717) is 38.0 Å². The summed E-state index contributed by atoms with van der Waals surface area (Å²) < 4.78 is 7.02. The third-order valence-electron chi connectivity index (χ3n) is 4.67. The molecule has 0 spiro atoms. The molecule has 1 aromatic carbocycles. The largest absolute Gasteiger partial charge is 0.462 e. The van der Waals surface area contributed by atoms with Crippen LogP contribution in [0.15, 0.2) is 29.4 Å². The van der Waals surface area contributed by atoms with Crippen LogP contribution in [0.1, 0.15) is 46.4 Å². The molecule has 2 heterocycles. The molecule has 2 aromatic heterocycles. The van der Waals surface area contributed by atoms with Gasteiger partial charge in [-0.1, -0.05) is 23.4 Å². The monoisotopic (exact) mass is 506 g/mol. The molecule has 0 fully saturated rings. The molecule has 1 amide bonds. The lowest BCUT2D eigenvalue weighted by Gasteiger charge is -2.08. The van der Waals surface area contributed by atoms with Crippen LogP contribution in [0.2, 0.25) is 5.02 Å². The molecule has 3 aromatic rings. The molecule has 33 heavy (non-hydrogen) atoms. The Labute approximate surface area is 204 Å². The van der Waals surface area contributed by atoms with Gasteiger partial charge in [0, 0.05) is 17.1 Å². The SMILES string of the molecule is CCOC(=O)c1c(NC(=O)CSc2nnc(-c3ccc(Cl)cc3)n2CC)sc(C(C)=O)c1C. The number of thiophene rings is 1. The zero-order valence-electron chi connectivity index (χ0n) is 18.6. The summed E-state index contributed by atoms with van der Waals surface area (Å²) in [5, 5.41) is 12.8. The highest BCUT2D eigenvalue weighted by Crippen LogP contribution is 2.34. The number of anilines is 1. The number of ether oxygens (including phenoxy) is 1. The zero-order valence-corrected chi connectivity index (χ0v) is 21.0. The Kier molecular flexibility index (Phi) is 8.28. The number of carbonyl (C=O) groups excluding carboxylic acids is 3. The minimum atomic E-state index is -0.569. The molecule has 0 radical (unpaired) electrons. The second kappa shape index (κ2) is 11.0. The fourth-order valence-corrected chi connectivity index (χ4v) is 5.21. The van der Waals surface area contributed by atoms with Gasteiger partial charge in [0.25, 0.3) is 0 Å². The fourth-order valence-electron chi connectivity index (χ4n) is 3.17. The Bertz CT molecular complexity index is 1190. The van der Waals surface area contributed by atoms with Gasteiger partial charge in [-0.3, -0.25) is 9.59 Å². The first-order chi connectivity index (χ1) is 15.8. The van der Waals surface area contributed by atoms with Crippen molar-refractivity contribution < 1.29 is 19.1 Å². The number of nitrogens with zero attached hydrogens (tertiary/aromatic N) is 3. The number of thioether (sulfide) groups is 1. The van der Waals surface area contributed by atoms with Crippen LogP contribution in [-0.4, -0.2) is 44.8 Å². The number of esters is 1. The Morgan fingerprint density at radius 2 is 1.88 bits per heavy atom. The molecule has 0 bridgehead atoms. The van der Waals surface area contributed by atoms with Gasteiger partial charge in [0.05, 0.1) is 22.8 Å². The molecule has 3 rings (SSSR count). The van der Waals surface area contributed by atoms with Crippen molar-refractivity contribution in [1.82, 2.24) is 14.8 Å². The number of hydrogen-bond acceptors (Lipinski definition) is 8. The summed E-state index contributed by atoms with van der Waals surface area (Å²) in [6.07, 6.45) is 0. The van der Waals surface area contributed by atoms with Crippen molar-refractivity contribution in [2.75, 3.05) is 17.7 Å². The smallest absolute Gasteiger partial charge is 0.341 e. The molecule has 0 saturated carbocycles. The van der Waals surface area contributed by atoms with Crippen LogP contribution >= 0.6 is 34.7 Å². The van der Waals surface area contributed by atoms with Crippen molar-refractivity contribution >= 4 is 57.4 Å². The van der Waals surface area contributed by atoms with E-state index >= 15 is 0 Å². The van der Waals surface area contributed by atoms with Gasteiger partial charge in [-0.05, 0) is 57.5 Å². The van der Waals surface area contributed by atoms with E-state index in [1.54, 1.807) is 26.0 Å². The van der Waals surface area contributed by atoms with Crippen LogP contribution in [0.3, 0.4) is 0 Å². The third-order valence-corrected chi connectivity index (χ3v) is 7.19. The first-order valence-corrected chi connectivity index (χ1v) is 12.4. The maximum absolute atomic E-state index is 12.7. The van der Waals surface area contributed by atoms with E-state index in [2.05, 4.69) is 15.5 Å². The molecule has 11 heteroatoms. The van der Waals surface area contributed by atoms with Gasteiger partial charge in [-0.25, -0.2) is 4.79 Å². The van der Waals surface area contributed by atoms with Crippen LogP contribution in [0.5, 0.6) is 0 Å². The summed E-state index contributed by atoms with van der Waals surface area (Å²) in [7, 11) is 0. The average molecular weight is 507 g/mol. The molecule has 0 aliphatic heterocycles. The average Bonchev–Trinajstić information content (AvgIpc) is 3.33. The number of carbonyl (C=O) groups is 3. The number of halogens is 1. The quantitative estimate of drug-likeness (QED) is 0.244. The highest BCUT2D eigenvalue weighted by atomic mass is 35.5. The van der Waals surface area contributed by atoms with Crippen LogP contribution in [-0.2, 0) is 16.1 Å². The highest BCUT2D eigenvalue weighted by molar-refractivity contribution is 7.99. The summed E-state index contributed by atoms with van der Waals surface area (Å²) in [5.74, 6) is -0.348. The summed E-state index contributed by atoms with van der Waals surface area (Å²) in [6.45, 7) is 7.57. The summed E-state index contributed by atoms with van der Waals surface area (Å²) >= 11 is 8.27. The standard InChI is InChI=1S/C22H23ClN4O4S2/c1-5-27-19(14-7-9-15(23)10-8-14)25-26-22(27)32-11-16(29)24-20-17(21(30)31-6-2)12(3)18(33-20)13(4)28/h7-10H,5-6,11H2,1-4H3,(H,24,29). The van der Waals surface area contributed by atoms with Gasteiger partial charge >= 0.3 is 5.97 Å². The Balaban J connectivity index is 1.76. The Morgan fingerprint density at radius 3 is 2.48 bits per heavy atom. The van der Waals surface area contributed by atoms with E-state index in [0.717, 1.165) is 16.9 Å². The molecule has 174 valence electrons. The van der Waals surface area contributed by atoms with Crippen LogP contribution < -0.4 is 5.32 Å². The zero-order chi connectivity index (χ0) is 24.1. The van der Waals surface area contributed by atoms with Crippen molar-refractivity contribution in [2.45, 2.75) is 39.4 Å². The molecule has 0 aliphatic rings. The van der Waals surface area contributed by atoms with E-state index < -0.39 is 5.97 Å². The van der Waals surface area contributed by atoms with Gasteiger partial charge in [0.1, 0.15) is 5.00 Å². The fraction of sp³-hybridized carbons (Fsp3) is 0.318. The lowest BCUT2D eigenvalue weighted by atomic mass is 10.1. The van der Waals surface area contributed by atoms with E-state index in [-0.39, 0.29) is 29.6 Å². The summed E-state index contributed by atoms with van der Waals surface area (Å²) in [4.78, 5) is 37.4. The molecule has 0 aliphatic carbocycles. The first kappa shape index (κ1) is 24.9. The Morgan fingerprint density at radius 1 is 1.18 bits per heavy atom. The molecule has 0 atom stereocenters. The predicted molar refractivity (Wildman–Crippen MR) is 131 cm³/mol. The highest BCUT2D eigenvalue weighted by Gasteiger charge is 2.25. The number of hydrogen-bond donors (Lipinski definition) is 1. The Hall–Kier alpha value is -2.69. The van der Waals surface area contributed by atoms with Gasteiger partial charge in [0.15, 0.2) is 16.8 Å². The third kappa shape index (κ3) is 5.63. The second-order valence-electron chi connectivity index (χ2n) is 6.93. The predicted octanol–water partition coefficient (Wildman–Crippen LogP) is 5.10. The number of nitrogens with one attached hydrogen (secondary N) is 1. The minimum Gasteiger partial charge on any atom is -0.462 e. The lowest BCUT2D eigenvalue weighted by Crippen LogP contribution is -2.17. The van der Waals surface area contributed by atoms with Gasteiger partial charge in [-0.15, -0.1) is 21.5 Å². The number of Topliss-reactive ketones (excluding diaryl/α,β-unsaturated/α-hetero) is 1. The van der Waals surface area contributed by atoms with Crippen molar-refractivity contribution in [3.63, 3.8) is 0 Å². The number of benzene rings is 1. The van der Waals surface area contributed by atoms with Gasteiger partial charge in [-0.2, -0.15) is 0 Å². The maximum Gasteiger partial charge on any atom is 0.341 e. The second-order valence-corrected chi connectivity index (χ2v) is 9.33. The van der Waals surface area contributed by atoms with Crippen LogP contribution in [0.4, 0.5) is 5.00 Å². The molecule has 0 saturated heterocycles. The molecule has 1 N–H and O–H groups in total. The topological polar surface area (TPSA) is 103 Å². The normalized spacial score (nSPS) is 10.8. The van der Waals surface area contributed by atoms with Crippen LogP contribution in [0, 0.1) is 6.92 Å². The molecule has 8 nitrogen and oxygen atoms in total. The molecular weight excluding hydrogens is 484 g/mol. The number of rotatable bonds is 9. The van der Waals surface area contributed by atoms with Crippen molar-refractivity contribution in [1.29, 1.82) is 0 Å². The van der Waals surface area contributed by atoms with Crippen molar-refractivity contribution in [2.24, 2.45) is 0 Å². The van der Waals surface area contributed by atoms with E-state index in [9.17, 15) is 14.4 Å². The van der Waals surface area contributed by atoms with Crippen molar-refractivity contribution in [3.8, 4) is 11.4 Å². The molecule has 0 unspecified atom stereocenters. The number of amides is 1. The van der Waals surface area contributed by atoms with Gasteiger partial charge in [0.2, 0.25) is 5.91 Å². The lowest BCUT2D eigenvalue weighted by molar-refractivity contribution is -0.113. The van der Waals surface area contributed by atoms with Crippen LogP contribution in [0.25, 0.3) is 11.4 Å². The maximum atomic E-state index is 12.7. The van der Waals surface area contributed by atoms with Gasteiger partial charge < -0.3 is 14.6 Å². The minimum absolute atomic E-state index is 0.0490.